The van der Waals surface area contributed by atoms with E-state index in [9.17, 15) is 4.79 Å². The van der Waals surface area contributed by atoms with E-state index in [1.165, 1.54) is 37.7 Å². The number of piperazine rings is 1. The van der Waals surface area contributed by atoms with E-state index in [0.29, 0.717) is 5.92 Å². The maximum Gasteiger partial charge on any atom is 0.253 e. The summed E-state index contributed by atoms with van der Waals surface area (Å²) in [5, 5.41) is 3.28. The fourth-order valence-electron chi connectivity index (χ4n) is 3.38. The van der Waals surface area contributed by atoms with Crippen LogP contribution in [0.4, 0.5) is 0 Å². The first-order valence-electron chi connectivity index (χ1n) is 7.94. The summed E-state index contributed by atoms with van der Waals surface area (Å²) in [7, 11) is 0. The van der Waals surface area contributed by atoms with E-state index in [4.69, 9.17) is 0 Å². The summed E-state index contributed by atoms with van der Waals surface area (Å²) in [6.07, 6.45) is 6.71. The lowest BCUT2D eigenvalue weighted by atomic mass is 9.84. The summed E-state index contributed by atoms with van der Waals surface area (Å²) in [5.41, 5.74) is 2.26. The van der Waals surface area contributed by atoms with Crippen molar-refractivity contribution in [3.8, 4) is 0 Å². The molecule has 1 amide bonds. The van der Waals surface area contributed by atoms with E-state index in [0.717, 1.165) is 31.7 Å². The van der Waals surface area contributed by atoms with Gasteiger partial charge in [0.25, 0.3) is 5.91 Å². The molecule has 0 aromatic heterocycles. The molecule has 1 aromatic rings. The summed E-state index contributed by atoms with van der Waals surface area (Å²) in [4.78, 5) is 14.3. The first-order chi connectivity index (χ1) is 9.84. The lowest BCUT2D eigenvalue weighted by Gasteiger charge is -2.27. The predicted molar refractivity (Wildman–Crippen MR) is 81.0 cm³/mol. The van der Waals surface area contributed by atoms with Crippen LogP contribution in [0.5, 0.6) is 0 Å². The van der Waals surface area contributed by atoms with Crippen LogP contribution in [-0.4, -0.2) is 37.0 Å². The topological polar surface area (TPSA) is 32.3 Å². The van der Waals surface area contributed by atoms with Gasteiger partial charge in [-0.25, -0.2) is 0 Å². The molecule has 1 aliphatic heterocycles. The zero-order valence-corrected chi connectivity index (χ0v) is 12.1. The standard InChI is InChI=1S/C17H24N2O/c20-17(19-12-10-18-11-13-19)16-8-6-15(7-9-16)14-4-2-1-3-5-14/h6-9,14,18H,1-5,10-13H2. The molecule has 2 aliphatic rings. The molecule has 3 heteroatoms. The lowest BCUT2D eigenvalue weighted by molar-refractivity contribution is 0.0736. The zero-order valence-electron chi connectivity index (χ0n) is 12.1. The molecule has 108 valence electrons. The largest absolute Gasteiger partial charge is 0.336 e. The molecule has 1 aromatic carbocycles. The van der Waals surface area contributed by atoms with E-state index in [2.05, 4.69) is 17.4 Å². The maximum atomic E-state index is 12.4. The average molecular weight is 272 g/mol. The van der Waals surface area contributed by atoms with E-state index >= 15 is 0 Å². The van der Waals surface area contributed by atoms with Gasteiger partial charge in [-0.05, 0) is 36.5 Å². The summed E-state index contributed by atoms with van der Waals surface area (Å²) < 4.78 is 0. The fourth-order valence-corrected chi connectivity index (χ4v) is 3.38. The number of carbonyl (C=O) groups is 1. The third kappa shape index (κ3) is 3.04. The predicted octanol–water partition coefficient (Wildman–Crippen LogP) is 2.78. The Bertz CT molecular complexity index is 443. The van der Waals surface area contributed by atoms with Crippen LogP contribution in [0.2, 0.25) is 0 Å². The van der Waals surface area contributed by atoms with Crippen LogP contribution >= 0.6 is 0 Å². The number of benzene rings is 1. The molecule has 1 heterocycles. The number of carbonyl (C=O) groups excluding carboxylic acids is 1. The highest BCUT2D eigenvalue weighted by molar-refractivity contribution is 5.94. The second-order valence-electron chi connectivity index (χ2n) is 6.00. The van der Waals surface area contributed by atoms with Crippen LogP contribution in [0.15, 0.2) is 24.3 Å². The molecule has 20 heavy (non-hydrogen) atoms. The lowest BCUT2D eigenvalue weighted by Crippen LogP contribution is -2.46. The molecule has 1 saturated heterocycles. The molecule has 0 bridgehead atoms. The Morgan fingerprint density at radius 2 is 1.65 bits per heavy atom. The Labute approximate surface area is 121 Å². The van der Waals surface area contributed by atoms with Crippen molar-refractivity contribution in [1.82, 2.24) is 10.2 Å². The van der Waals surface area contributed by atoms with Crippen LogP contribution in [0.1, 0.15) is 53.9 Å². The number of hydrogen-bond acceptors (Lipinski definition) is 2. The molecule has 1 aliphatic carbocycles. The van der Waals surface area contributed by atoms with Gasteiger partial charge in [-0.15, -0.1) is 0 Å². The smallest absolute Gasteiger partial charge is 0.253 e. The second-order valence-corrected chi connectivity index (χ2v) is 6.00. The van der Waals surface area contributed by atoms with Gasteiger partial charge in [0.1, 0.15) is 0 Å². The van der Waals surface area contributed by atoms with Gasteiger partial charge in [-0.2, -0.15) is 0 Å². The Morgan fingerprint density at radius 1 is 1.00 bits per heavy atom. The SMILES string of the molecule is O=C(c1ccc(C2CCCCC2)cc1)N1CCNCC1. The van der Waals surface area contributed by atoms with Gasteiger partial charge in [0.15, 0.2) is 0 Å². The molecule has 1 N–H and O–H groups in total. The minimum atomic E-state index is 0.182. The van der Waals surface area contributed by atoms with Crippen molar-refractivity contribution < 1.29 is 4.79 Å². The van der Waals surface area contributed by atoms with Gasteiger partial charge in [-0.3, -0.25) is 4.79 Å². The zero-order chi connectivity index (χ0) is 13.8. The van der Waals surface area contributed by atoms with Gasteiger partial charge in [0, 0.05) is 31.7 Å². The molecule has 0 atom stereocenters. The molecule has 0 unspecified atom stereocenters. The van der Waals surface area contributed by atoms with E-state index in [1.54, 1.807) is 0 Å². The van der Waals surface area contributed by atoms with Gasteiger partial charge in [-0.1, -0.05) is 31.4 Å². The summed E-state index contributed by atoms with van der Waals surface area (Å²) in [6, 6.07) is 8.39. The molecule has 0 spiro atoms. The van der Waals surface area contributed by atoms with Crippen molar-refractivity contribution >= 4 is 5.91 Å². The third-order valence-electron chi connectivity index (χ3n) is 4.64. The van der Waals surface area contributed by atoms with E-state index in [1.807, 2.05) is 17.0 Å². The molecular formula is C17H24N2O. The molecule has 1 saturated carbocycles. The number of nitrogens with one attached hydrogen (secondary N) is 1. The quantitative estimate of drug-likeness (QED) is 0.898. The van der Waals surface area contributed by atoms with Crippen LogP contribution in [0.3, 0.4) is 0 Å². The highest BCUT2D eigenvalue weighted by Gasteiger charge is 2.19. The van der Waals surface area contributed by atoms with Gasteiger partial charge < -0.3 is 10.2 Å². The maximum absolute atomic E-state index is 12.4. The second kappa shape index (κ2) is 6.40. The highest BCUT2D eigenvalue weighted by atomic mass is 16.2. The molecular weight excluding hydrogens is 248 g/mol. The van der Waals surface area contributed by atoms with E-state index in [-0.39, 0.29) is 5.91 Å². The van der Waals surface area contributed by atoms with Gasteiger partial charge >= 0.3 is 0 Å². The molecule has 3 nitrogen and oxygen atoms in total. The molecule has 0 radical (unpaired) electrons. The van der Waals surface area contributed by atoms with Gasteiger partial charge in [0.05, 0.1) is 0 Å². The third-order valence-corrected chi connectivity index (χ3v) is 4.64. The Hall–Kier alpha value is -1.35. The monoisotopic (exact) mass is 272 g/mol. The van der Waals surface area contributed by atoms with Gasteiger partial charge in [0.2, 0.25) is 0 Å². The van der Waals surface area contributed by atoms with Crippen molar-refractivity contribution in [2.24, 2.45) is 0 Å². The van der Waals surface area contributed by atoms with E-state index < -0.39 is 0 Å². The Morgan fingerprint density at radius 3 is 2.30 bits per heavy atom. The van der Waals surface area contributed by atoms with Crippen molar-refractivity contribution in [1.29, 1.82) is 0 Å². The highest BCUT2D eigenvalue weighted by Crippen LogP contribution is 2.32. The number of amides is 1. The summed E-state index contributed by atoms with van der Waals surface area (Å²) >= 11 is 0. The first-order valence-corrected chi connectivity index (χ1v) is 7.94. The molecule has 3 rings (SSSR count). The van der Waals surface area contributed by atoms with Crippen LogP contribution in [0.25, 0.3) is 0 Å². The Kier molecular flexibility index (Phi) is 4.36. The summed E-state index contributed by atoms with van der Waals surface area (Å²) in [6.45, 7) is 3.46. The van der Waals surface area contributed by atoms with Crippen molar-refractivity contribution in [2.75, 3.05) is 26.2 Å². The number of nitrogens with zero attached hydrogens (tertiary/aromatic N) is 1. The first kappa shape index (κ1) is 13.6. The van der Waals surface area contributed by atoms with Crippen LogP contribution < -0.4 is 5.32 Å². The average Bonchev–Trinajstić information content (AvgIpc) is 2.56. The number of hydrogen-bond donors (Lipinski definition) is 1. The Balaban J connectivity index is 1.67. The van der Waals surface area contributed by atoms with Crippen LogP contribution in [-0.2, 0) is 0 Å². The number of rotatable bonds is 2. The van der Waals surface area contributed by atoms with Crippen LogP contribution in [0, 0.1) is 0 Å². The molecule has 2 fully saturated rings. The minimum absolute atomic E-state index is 0.182. The van der Waals surface area contributed by atoms with Crippen molar-refractivity contribution in [2.45, 2.75) is 38.0 Å². The van der Waals surface area contributed by atoms with Crippen molar-refractivity contribution in [3.63, 3.8) is 0 Å². The normalized spacial score (nSPS) is 20.9. The fraction of sp³-hybridized carbons (Fsp3) is 0.588. The summed E-state index contributed by atoms with van der Waals surface area (Å²) in [5.74, 6) is 0.897. The minimum Gasteiger partial charge on any atom is -0.336 e. The van der Waals surface area contributed by atoms with Crippen molar-refractivity contribution in [3.05, 3.63) is 35.4 Å².